The van der Waals surface area contributed by atoms with Crippen LogP contribution in [0.1, 0.15) is 18.9 Å². The molecule has 0 aliphatic rings. The Morgan fingerprint density at radius 1 is 1.42 bits per heavy atom. The average molecular weight is 272 g/mol. The first-order valence-electron chi connectivity index (χ1n) is 5.68. The number of carbonyl (C=O) groups excluding carboxylic acids is 1. The zero-order chi connectivity index (χ0) is 13.5. The van der Waals surface area contributed by atoms with Crippen LogP contribution in [0.5, 0.6) is 0 Å². The molecule has 96 valence electrons. The van der Waals surface area contributed by atoms with E-state index in [1.165, 1.54) is 11.8 Å². The molecule has 0 aliphatic heterocycles. The molecule has 2 heterocycles. The first-order valence-corrected chi connectivity index (χ1v) is 6.67. The van der Waals surface area contributed by atoms with Crippen molar-refractivity contribution in [1.29, 1.82) is 0 Å². The Morgan fingerprint density at radius 3 is 2.84 bits per heavy atom. The fourth-order valence-electron chi connectivity index (χ4n) is 1.31. The highest BCUT2D eigenvalue weighted by Gasteiger charge is 1.97. The van der Waals surface area contributed by atoms with Gasteiger partial charge < -0.3 is 0 Å². The number of carbonyl (C=O) groups is 1. The molecule has 0 bridgehead atoms. The van der Waals surface area contributed by atoms with Gasteiger partial charge in [-0.25, -0.2) is 15.0 Å². The monoisotopic (exact) mass is 272 g/mol. The summed E-state index contributed by atoms with van der Waals surface area (Å²) >= 11 is 1.28. The Labute approximate surface area is 115 Å². The molecule has 2 rings (SSSR count). The molecule has 0 unspecified atom stereocenters. The SMILES string of the molecule is CC(=O)SCCC#Cc1cnc(-n2ccnc2)nc1. The summed E-state index contributed by atoms with van der Waals surface area (Å²) in [6.45, 7) is 1.56. The van der Waals surface area contributed by atoms with Gasteiger partial charge in [0, 0.05) is 43.9 Å². The minimum Gasteiger partial charge on any atom is -0.288 e. The topological polar surface area (TPSA) is 60.7 Å². The summed E-state index contributed by atoms with van der Waals surface area (Å²) in [6, 6.07) is 0. The van der Waals surface area contributed by atoms with E-state index >= 15 is 0 Å². The Kier molecular flexibility index (Phi) is 4.70. The maximum absolute atomic E-state index is 10.7. The molecular formula is C13H12N4OS. The van der Waals surface area contributed by atoms with Gasteiger partial charge in [0.05, 0.1) is 5.56 Å². The molecule has 0 radical (unpaired) electrons. The highest BCUT2D eigenvalue weighted by molar-refractivity contribution is 8.13. The third-order valence-electron chi connectivity index (χ3n) is 2.14. The number of aromatic nitrogens is 4. The Balaban J connectivity index is 1.92. The number of hydrogen-bond acceptors (Lipinski definition) is 5. The molecule has 0 aromatic carbocycles. The van der Waals surface area contributed by atoms with Gasteiger partial charge in [-0.05, 0) is 0 Å². The van der Waals surface area contributed by atoms with E-state index in [9.17, 15) is 4.79 Å². The van der Waals surface area contributed by atoms with Crippen LogP contribution in [0.3, 0.4) is 0 Å². The van der Waals surface area contributed by atoms with E-state index in [2.05, 4.69) is 26.8 Å². The zero-order valence-electron chi connectivity index (χ0n) is 10.4. The summed E-state index contributed by atoms with van der Waals surface area (Å²) in [6.07, 6.45) is 9.11. The standard InChI is InChI=1S/C13H12N4OS/c1-11(18)19-7-3-2-4-12-8-15-13(16-9-12)17-6-5-14-10-17/h5-6,8-10H,3,7H2,1H3. The van der Waals surface area contributed by atoms with Gasteiger partial charge in [0.2, 0.25) is 5.95 Å². The molecule has 0 N–H and O–H groups in total. The smallest absolute Gasteiger partial charge is 0.234 e. The quantitative estimate of drug-likeness (QED) is 0.628. The second kappa shape index (κ2) is 6.71. The van der Waals surface area contributed by atoms with E-state index in [4.69, 9.17) is 0 Å². The number of imidazole rings is 1. The second-order valence-corrected chi connectivity index (χ2v) is 4.91. The third-order valence-corrected chi connectivity index (χ3v) is 2.95. The molecule has 0 aliphatic carbocycles. The summed E-state index contributed by atoms with van der Waals surface area (Å²) in [5.74, 6) is 7.24. The first-order chi connectivity index (χ1) is 9.25. The minimum absolute atomic E-state index is 0.120. The van der Waals surface area contributed by atoms with E-state index in [1.54, 1.807) is 42.6 Å². The lowest BCUT2D eigenvalue weighted by atomic mass is 10.3. The molecule has 5 nitrogen and oxygen atoms in total. The maximum atomic E-state index is 10.7. The second-order valence-electron chi connectivity index (χ2n) is 3.63. The lowest BCUT2D eigenvalue weighted by Crippen LogP contribution is -1.98. The first kappa shape index (κ1) is 13.3. The van der Waals surface area contributed by atoms with Gasteiger partial charge in [0.25, 0.3) is 0 Å². The zero-order valence-corrected chi connectivity index (χ0v) is 11.2. The van der Waals surface area contributed by atoms with Crippen molar-refractivity contribution in [2.45, 2.75) is 13.3 Å². The van der Waals surface area contributed by atoms with Gasteiger partial charge in [-0.1, -0.05) is 23.6 Å². The summed E-state index contributed by atoms with van der Waals surface area (Å²) in [5, 5.41) is 0.120. The fourth-order valence-corrected chi connectivity index (χ4v) is 1.80. The molecular weight excluding hydrogens is 260 g/mol. The molecule has 0 saturated heterocycles. The lowest BCUT2D eigenvalue weighted by Gasteiger charge is -1.98. The lowest BCUT2D eigenvalue weighted by molar-refractivity contribution is -0.109. The fraction of sp³-hybridized carbons (Fsp3) is 0.231. The van der Waals surface area contributed by atoms with E-state index in [0.29, 0.717) is 12.4 Å². The van der Waals surface area contributed by atoms with E-state index in [1.807, 2.05) is 0 Å². The highest BCUT2D eigenvalue weighted by atomic mass is 32.2. The van der Waals surface area contributed by atoms with Gasteiger partial charge in [-0.15, -0.1) is 0 Å². The molecule has 6 heteroatoms. The Morgan fingerprint density at radius 2 is 2.21 bits per heavy atom. The average Bonchev–Trinajstić information content (AvgIpc) is 2.93. The summed E-state index contributed by atoms with van der Waals surface area (Å²) in [4.78, 5) is 23.0. The van der Waals surface area contributed by atoms with Crippen LogP contribution in [0.2, 0.25) is 0 Å². The van der Waals surface area contributed by atoms with Crippen LogP contribution < -0.4 is 0 Å². The molecule has 0 saturated carbocycles. The molecule has 0 atom stereocenters. The Bertz CT molecular complexity index is 596. The third kappa shape index (κ3) is 4.23. The van der Waals surface area contributed by atoms with Gasteiger partial charge in [-0.2, -0.15) is 0 Å². The van der Waals surface area contributed by atoms with Crippen molar-refractivity contribution < 1.29 is 4.79 Å². The summed E-state index contributed by atoms with van der Waals surface area (Å²) in [5.41, 5.74) is 0.761. The minimum atomic E-state index is 0.120. The summed E-state index contributed by atoms with van der Waals surface area (Å²) < 4.78 is 1.72. The van der Waals surface area contributed by atoms with Crippen LogP contribution in [0, 0.1) is 11.8 Å². The van der Waals surface area contributed by atoms with Crippen molar-refractivity contribution in [2.75, 3.05) is 5.75 Å². The van der Waals surface area contributed by atoms with E-state index in [-0.39, 0.29) is 5.12 Å². The number of thioether (sulfide) groups is 1. The van der Waals surface area contributed by atoms with Gasteiger partial charge >= 0.3 is 0 Å². The Hall–Kier alpha value is -2.13. The van der Waals surface area contributed by atoms with Crippen molar-refractivity contribution >= 4 is 16.9 Å². The molecule has 0 amide bonds. The van der Waals surface area contributed by atoms with Crippen molar-refractivity contribution in [1.82, 2.24) is 19.5 Å². The maximum Gasteiger partial charge on any atom is 0.234 e. The van der Waals surface area contributed by atoms with E-state index < -0.39 is 0 Å². The molecule has 2 aromatic heterocycles. The largest absolute Gasteiger partial charge is 0.288 e. The van der Waals surface area contributed by atoms with Crippen LogP contribution in [0.25, 0.3) is 5.95 Å². The molecule has 19 heavy (non-hydrogen) atoms. The molecule has 0 spiro atoms. The van der Waals surface area contributed by atoms with Crippen molar-refractivity contribution in [3.63, 3.8) is 0 Å². The van der Waals surface area contributed by atoms with Crippen LogP contribution in [-0.4, -0.2) is 30.4 Å². The predicted octanol–water partition coefficient (Wildman–Crippen LogP) is 1.68. The van der Waals surface area contributed by atoms with Crippen LogP contribution >= 0.6 is 11.8 Å². The van der Waals surface area contributed by atoms with Gasteiger partial charge in [0.1, 0.15) is 6.33 Å². The molecule has 2 aromatic rings. The van der Waals surface area contributed by atoms with Crippen molar-refractivity contribution in [3.05, 3.63) is 36.7 Å². The van der Waals surface area contributed by atoms with Gasteiger partial charge in [-0.3, -0.25) is 9.36 Å². The van der Waals surface area contributed by atoms with Crippen LogP contribution in [0.4, 0.5) is 0 Å². The number of rotatable bonds is 3. The normalized spacial score (nSPS) is 9.74. The van der Waals surface area contributed by atoms with E-state index in [0.717, 1.165) is 11.3 Å². The van der Waals surface area contributed by atoms with Crippen molar-refractivity contribution in [2.24, 2.45) is 0 Å². The highest BCUT2D eigenvalue weighted by Crippen LogP contribution is 2.03. The predicted molar refractivity (Wildman–Crippen MR) is 73.8 cm³/mol. The summed E-state index contributed by atoms with van der Waals surface area (Å²) in [7, 11) is 0. The van der Waals surface area contributed by atoms with Gasteiger partial charge in [0.15, 0.2) is 5.12 Å². The number of nitrogens with zero attached hydrogens (tertiary/aromatic N) is 4. The van der Waals surface area contributed by atoms with Crippen LogP contribution in [0.15, 0.2) is 31.1 Å². The number of hydrogen-bond donors (Lipinski definition) is 0. The van der Waals surface area contributed by atoms with Crippen molar-refractivity contribution in [3.8, 4) is 17.8 Å². The molecule has 0 fully saturated rings. The van der Waals surface area contributed by atoms with Crippen LogP contribution in [-0.2, 0) is 4.79 Å².